The molecule has 1 aromatic carbocycles. The number of hydrogen-bond acceptors (Lipinski definition) is 4. The summed E-state index contributed by atoms with van der Waals surface area (Å²) in [7, 11) is -3.04. The number of nitrogens with zero attached hydrogens (tertiary/aromatic N) is 1. The molecule has 1 fully saturated rings. The van der Waals surface area contributed by atoms with Gasteiger partial charge < -0.3 is 4.90 Å². The van der Waals surface area contributed by atoms with E-state index in [2.05, 4.69) is 0 Å². The zero-order valence-corrected chi connectivity index (χ0v) is 12.2. The third-order valence-corrected chi connectivity index (χ3v) is 6.89. The second kappa shape index (κ2) is 4.52. The summed E-state index contributed by atoms with van der Waals surface area (Å²) in [4.78, 5) is 14.9. The molecule has 2 unspecified atom stereocenters. The van der Waals surface area contributed by atoms with Gasteiger partial charge >= 0.3 is 0 Å². The van der Waals surface area contributed by atoms with Crippen molar-refractivity contribution in [2.24, 2.45) is 0 Å². The van der Waals surface area contributed by atoms with Crippen molar-refractivity contribution < 1.29 is 13.2 Å². The number of sulfone groups is 1. The summed E-state index contributed by atoms with van der Waals surface area (Å²) in [5, 5.41) is -0.0320. The van der Waals surface area contributed by atoms with Crippen LogP contribution in [0.15, 0.2) is 29.2 Å². The van der Waals surface area contributed by atoms with Gasteiger partial charge in [-0.1, -0.05) is 19.1 Å². The summed E-state index contributed by atoms with van der Waals surface area (Å²) in [5.74, 6) is 0.259. The lowest BCUT2D eigenvalue weighted by Crippen LogP contribution is -2.48. The van der Waals surface area contributed by atoms with E-state index in [-0.39, 0.29) is 28.7 Å². The summed E-state index contributed by atoms with van der Waals surface area (Å²) in [6.07, 6.45) is 0.391. The number of fused-ring (bicyclic) bond motifs is 2. The zero-order chi connectivity index (χ0) is 13.6. The fourth-order valence-corrected chi connectivity index (χ4v) is 6.66. The Balaban J connectivity index is 2.09. The van der Waals surface area contributed by atoms with Gasteiger partial charge in [0.2, 0.25) is 5.91 Å². The van der Waals surface area contributed by atoms with E-state index in [0.29, 0.717) is 6.42 Å². The van der Waals surface area contributed by atoms with Crippen LogP contribution in [-0.2, 0) is 14.6 Å². The Bertz CT molecular complexity index is 627. The Kier molecular flexibility index (Phi) is 3.09. The number of amides is 1. The highest BCUT2D eigenvalue weighted by atomic mass is 32.2. The smallest absolute Gasteiger partial charge is 0.227 e. The van der Waals surface area contributed by atoms with Crippen LogP contribution in [0.25, 0.3) is 0 Å². The number of hydrogen-bond donors (Lipinski definition) is 0. The molecule has 0 aromatic heterocycles. The van der Waals surface area contributed by atoms with Gasteiger partial charge in [-0.05, 0) is 12.1 Å². The van der Waals surface area contributed by atoms with Crippen LogP contribution in [0.5, 0.6) is 0 Å². The molecule has 0 N–H and O–H groups in total. The van der Waals surface area contributed by atoms with E-state index >= 15 is 0 Å². The zero-order valence-electron chi connectivity index (χ0n) is 10.6. The van der Waals surface area contributed by atoms with Crippen molar-refractivity contribution >= 4 is 33.2 Å². The standard InChI is InChI=1S/C13H15NO3S2/c1-2-13(15)14-9-5-3-4-6-11(9)18-12-8-19(16,17)7-10(12)14/h3-6,10,12H,2,7-8H2,1H3. The van der Waals surface area contributed by atoms with E-state index in [0.717, 1.165) is 10.6 Å². The molecule has 6 heteroatoms. The summed E-state index contributed by atoms with van der Waals surface area (Å²) in [5.41, 5.74) is 0.859. The highest BCUT2D eigenvalue weighted by molar-refractivity contribution is 8.02. The highest BCUT2D eigenvalue weighted by Gasteiger charge is 2.46. The maximum absolute atomic E-state index is 12.2. The predicted molar refractivity (Wildman–Crippen MR) is 76.3 cm³/mol. The predicted octanol–water partition coefficient (Wildman–Crippen LogP) is 1.70. The Morgan fingerprint density at radius 2 is 2.11 bits per heavy atom. The molecule has 1 amide bonds. The Morgan fingerprint density at radius 1 is 1.37 bits per heavy atom. The summed E-state index contributed by atoms with van der Waals surface area (Å²) in [6, 6.07) is 7.45. The largest absolute Gasteiger partial charge is 0.306 e. The molecule has 0 aliphatic carbocycles. The lowest BCUT2D eigenvalue weighted by Gasteiger charge is -2.37. The van der Waals surface area contributed by atoms with Gasteiger partial charge in [0.05, 0.1) is 23.2 Å². The van der Waals surface area contributed by atoms with Crippen LogP contribution in [-0.4, -0.2) is 37.1 Å². The SMILES string of the molecule is CCC(=O)N1c2ccccc2SC2CS(=O)(=O)CC21. The fraction of sp³-hybridized carbons (Fsp3) is 0.462. The number of thioether (sulfide) groups is 1. The van der Waals surface area contributed by atoms with Crippen molar-refractivity contribution in [2.45, 2.75) is 29.5 Å². The first-order valence-electron chi connectivity index (χ1n) is 6.30. The normalized spacial score (nSPS) is 27.7. The van der Waals surface area contributed by atoms with Crippen LogP contribution >= 0.6 is 11.8 Å². The monoisotopic (exact) mass is 297 g/mol. The molecule has 102 valence electrons. The van der Waals surface area contributed by atoms with Crippen molar-refractivity contribution in [3.8, 4) is 0 Å². The molecule has 2 aliphatic rings. The fourth-order valence-electron chi connectivity index (χ4n) is 2.74. The molecule has 0 radical (unpaired) electrons. The second-order valence-corrected chi connectivity index (χ2v) is 8.32. The molecular formula is C13H15NO3S2. The quantitative estimate of drug-likeness (QED) is 0.792. The third kappa shape index (κ3) is 2.17. The lowest BCUT2D eigenvalue weighted by molar-refractivity contribution is -0.118. The van der Waals surface area contributed by atoms with Gasteiger partial charge in [-0.25, -0.2) is 8.42 Å². The van der Waals surface area contributed by atoms with Gasteiger partial charge in [0, 0.05) is 16.6 Å². The molecule has 2 aliphatic heterocycles. The number of rotatable bonds is 1. The van der Waals surface area contributed by atoms with Crippen molar-refractivity contribution in [3.63, 3.8) is 0 Å². The van der Waals surface area contributed by atoms with E-state index in [9.17, 15) is 13.2 Å². The highest BCUT2D eigenvalue weighted by Crippen LogP contribution is 2.45. The third-order valence-electron chi connectivity index (χ3n) is 3.58. The summed E-state index contributed by atoms with van der Waals surface area (Å²) in [6.45, 7) is 1.81. The first-order chi connectivity index (χ1) is 9.02. The van der Waals surface area contributed by atoms with Crippen molar-refractivity contribution in [3.05, 3.63) is 24.3 Å². The van der Waals surface area contributed by atoms with Crippen molar-refractivity contribution in [1.82, 2.24) is 0 Å². The van der Waals surface area contributed by atoms with E-state index < -0.39 is 9.84 Å². The Hall–Kier alpha value is -1.01. The Labute approximate surface area is 117 Å². The van der Waals surface area contributed by atoms with Gasteiger partial charge in [0.1, 0.15) is 0 Å². The van der Waals surface area contributed by atoms with Crippen LogP contribution in [0.4, 0.5) is 5.69 Å². The van der Waals surface area contributed by atoms with Gasteiger partial charge in [0.15, 0.2) is 9.84 Å². The maximum Gasteiger partial charge on any atom is 0.227 e. The molecule has 2 heterocycles. The van der Waals surface area contributed by atoms with Crippen LogP contribution in [0.3, 0.4) is 0 Å². The lowest BCUT2D eigenvalue weighted by atomic mass is 10.1. The minimum atomic E-state index is -3.04. The number of carbonyl (C=O) groups excluding carboxylic acids is 1. The topological polar surface area (TPSA) is 54.5 Å². The van der Waals surface area contributed by atoms with E-state index in [1.165, 1.54) is 0 Å². The number of anilines is 1. The number of para-hydroxylation sites is 1. The summed E-state index contributed by atoms with van der Waals surface area (Å²) >= 11 is 1.59. The molecular weight excluding hydrogens is 282 g/mol. The summed E-state index contributed by atoms with van der Waals surface area (Å²) < 4.78 is 23.7. The molecule has 2 atom stereocenters. The first kappa shape index (κ1) is 13.0. The average Bonchev–Trinajstić information content (AvgIpc) is 2.68. The molecule has 0 bridgehead atoms. The van der Waals surface area contributed by atoms with Crippen LogP contribution in [0.1, 0.15) is 13.3 Å². The van der Waals surface area contributed by atoms with Crippen LogP contribution in [0, 0.1) is 0 Å². The van der Waals surface area contributed by atoms with Crippen molar-refractivity contribution in [1.29, 1.82) is 0 Å². The van der Waals surface area contributed by atoms with Gasteiger partial charge in [0.25, 0.3) is 0 Å². The molecule has 4 nitrogen and oxygen atoms in total. The van der Waals surface area contributed by atoms with Gasteiger partial charge in [-0.15, -0.1) is 11.8 Å². The van der Waals surface area contributed by atoms with E-state index in [1.54, 1.807) is 16.7 Å². The Morgan fingerprint density at radius 3 is 2.84 bits per heavy atom. The molecule has 1 aromatic rings. The number of benzene rings is 1. The minimum Gasteiger partial charge on any atom is -0.306 e. The molecule has 1 saturated heterocycles. The molecule has 0 saturated carbocycles. The van der Waals surface area contributed by atoms with Gasteiger partial charge in [-0.2, -0.15) is 0 Å². The molecule has 0 spiro atoms. The average molecular weight is 297 g/mol. The maximum atomic E-state index is 12.2. The van der Waals surface area contributed by atoms with Crippen molar-refractivity contribution in [2.75, 3.05) is 16.4 Å². The molecule has 3 rings (SSSR count). The minimum absolute atomic E-state index is 0.000139. The van der Waals surface area contributed by atoms with E-state index in [1.807, 2.05) is 31.2 Å². The van der Waals surface area contributed by atoms with E-state index in [4.69, 9.17) is 0 Å². The van der Waals surface area contributed by atoms with Crippen LogP contribution < -0.4 is 4.90 Å². The van der Waals surface area contributed by atoms with Crippen LogP contribution in [0.2, 0.25) is 0 Å². The first-order valence-corrected chi connectivity index (χ1v) is 9.00. The molecule has 19 heavy (non-hydrogen) atoms. The van der Waals surface area contributed by atoms with Gasteiger partial charge in [-0.3, -0.25) is 4.79 Å². The second-order valence-electron chi connectivity index (χ2n) is 4.89. The number of carbonyl (C=O) groups is 1.